The fourth-order valence-corrected chi connectivity index (χ4v) is 3.91. The molecular formula is C20H26FN5O2. The molecule has 0 saturated carbocycles. The summed E-state index contributed by atoms with van der Waals surface area (Å²) in [6.45, 7) is 5.68. The number of rotatable bonds is 4. The molecule has 4 rings (SSSR count). The zero-order chi connectivity index (χ0) is 19.5. The molecule has 0 spiro atoms. The number of piperidine rings is 1. The van der Waals surface area contributed by atoms with E-state index in [2.05, 4.69) is 27.0 Å². The van der Waals surface area contributed by atoms with E-state index in [-0.39, 0.29) is 17.6 Å². The average molecular weight is 387 g/mol. The quantitative estimate of drug-likeness (QED) is 0.798. The van der Waals surface area contributed by atoms with E-state index in [1.807, 2.05) is 4.90 Å². The molecule has 3 heterocycles. The molecule has 0 radical (unpaired) electrons. The van der Waals surface area contributed by atoms with Crippen molar-refractivity contribution >= 4 is 5.91 Å². The Balaban J connectivity index is 1.35. The van der Waals surface area contributed by atoms with E-state index >= 15 is 0 Å². The van der Waals surface area contributed by atoms with Gasteiger partial charge in [-0.25, -0.2) is 4.39 Å². The van der Waals surface area contributed by atoms with Crippen LogP contribution in [0.3, 0.4) is 0 Å². The van der Waals surface area contributed by atoms with Gasteiger partial charge in [-0.15, -0.1) is 0 Å². The van der Waals surface area contributed by atoms with E-state index in [0.717, 1.165) is 57.7 Å². The summed E-state index contributed by atoms with van der Waals surface area (Å²) < 4.78 is 18.4. The van der Waals surface area contributed by atoms with E-state index in [1.165, 1.54) is 12.1 Å². The highest BCUT2D eigenvalue weighted by molar-refractivity contribution is 5.79. The number of hydrogen-bond donors (Lipinski definition) is 0. The monoisotopic (exact) mass is 387 g/mol. The number of carbonyl (C=O) groups excluding carboxylic acids is 1. The smallest absolute Gasteiger partial charge is 0.241 e. The summed E-state index contributed by atoms with van der Waals surface area (Å²) in [6.07, 6.45) is 1.93. The first-order valence-electron chi connectivity index (χ1n) is 9.87. The van der Waals surface area contributed by atoms with Gasteiger partial charge in [-0.1, -0.05) is 5.16 Å². The van der Waals surface area contributed by atoms with Crippen LogP contribution in [0.15, 0.2) is 28.8 Å². The molecule has 1 unspecified atom stereocenters. The van der Waals surface area contributed by atoms with E-state index in [9.17, 15) is 9.18 Å². The largest absolute Gasteiger partial charge is 0.340 e. The molecule has 2 aliphatic rings. The summed E-state index contributed by atoms with van der Waals surface area (Å²) in [7, 11) is 2.09. The molecule has 0 N–H and O–H groups in total. The molecule has 2 aromatic rings. The number of amides is 1. The van der Waals surface area contributed by atoms with Crippen LogP contribution in [0, 0.1) is 11.7 Å². The Bertz CT molecular complexity index is 801. The zero-order valence-corrected chi connectivity index (χ0v) is 16.2. The molecule has 2 fully saturated rings. The van der Waals surface area contributed by atoms with E-state index in [4.69, 9.17) is 4.52 Å². The van der Waals surface area contributed by atoms with Crippen LogP contribution in [0.5, 0.6) is 0 Å². The molecule has 0 bridgehead atoms. The van der Waals surface area contributed by atoms with Crippen LogP contribution >= 0.6 is 0 Å². The molecule has 1 aromatic carbocycles. The maximum Gasteiger partial charge on any atom is 0.241 e. The van der Waals surface area contributed by atoms with Crippen molar-refractivity contribution in [1.29, 1.82) is 0 Å². The first-order chi connectivity index (χ1) is 13.6. The summed E-state index contributed by atoms with van der Waals surface area (Å²) in [6, 6.07) is 6.03. The van der Waals surface area contributed by atoms with Crippen LogP contribution in [-0.2, 0) is 11.3 Å². The van der Waals surface area contributed by atoms with Gasteiger partial charge in [0.15, 0.2) is 0 Å². The lowest BCUT2D eigenvalue weighted by atomic mass is 9.96. The van der Waals surface area contributed by atoms with Crippen molar-refractivity contribution in [3.8, 4) is 11.4 Å². The first-order valence-corrected chi connectivity index (χ1v) is 9.87. The molecule has 1 atom stereocenters. The zero-order valence-electron chi connectivity index (χ0n) is 16.2. The fourth-order valence-electron chi connectivity index (χ4n) is 3.91. The van der Waals surface area contributed by atoms with Crippen molar-refractivity contribution in [2.24, 2.45) is 5.92 Å². The number of piperazine rings is 1. The first kappa shape index (κ1) is 19.0. The molecule has 1 amide bonds. The van der Waals surface area contributed by atoms with Gasteiger partial charge in [0.2, 0.25) is 17.6 Å². The summed E-state index contributed by atoms with van der Waals surface area (Å²) >= 11 is 0. The van der Waals surface area contributed by atoms with Crippen LogP contribution in [0.1, 0.15) is 18.7 Å². The lowest BCUT2D eigenvalue weighted by Crippen LogP contribution is -2.51. The van der Waals surface area contributed by atoms with E-state index in [0.29, 0.717) is 18.3 Å². The summed E-state index contributed by atoms with van der Waals surface area (Å²) in [4.78, 5) is 23.8. The maximum atomic E-state index is 13.1. The SMILES string of the molecule is CN1CCN(C(=O)C2CCCN(Cc3nc(-c4ccc(F)cc4)no3)C2)CC1. The predicted octanol–water partition coefficient (Wildman–Crippen LogP) is 1.86. The molecule has 0 aliphatic carbocycles. The molecule has 28 heavy (non-hydrogen) atoms. The van der Waals surface area contributed by atoms with Crippen molar-refractivity contribution < 1.29 is 13.7 Å². The number of carbonyl (C=O) groups is 1. The highest BCUT2D eigenvalue weighted by Gasteiger charge is 2.31. The summed E-state index contributed by atoms with van der Waals surface area (Å²) in [5.74, 6) is 0.993. The average Bonchev–Trinajstić information content (AvgIpc) is 3.17. The lowest BCUT2D eigenvalue weighted by Gasteiger charge is -2.37. The number of benzene rings is 1. The van der Waals surface area contributed by atoms with Gasteiger partial charge in [0.1, 0.15) is 5.82 Å². The Morgan fingerprint density at radius 2 is 1.93 bits per heavy atom. The standard InChI is InChI=1S/C20H26FN5O2/c1-24-9-11-26(12-10-24)20(27)16-3-2-8-25(13-16)14-18-22-19(23-28-18)15-4-6-17(21)7-5-15/h4-7,16H,2-3,8-14H2,1H3. The molecular weight excluding hydrogens is 361 g/mol. The molecule has 1 aromatic heterocycles. The van der Waals surface area contributed by atoms with Crippen LogP contribution in [-0.4, -0.2) is 77.1 Å². The van der Waals surface area contributed by atoms with Crippen LogP contribution in [0.2, 0.25) is 0 Å². The van der Waals surface area contributed by atoms with Gasteiger partial charge in [0.05, 0.1) is 12.5 Å². The van der Waals surface area contributed by atoms with Crippen molar-refractivity contribution in [1.82, 2.24) is 24.8 Å². The fraction of sp³-hybridized carbons (Fsp3) is 0.550. The number of likely N-dealkylation sites (tertiary alicyclic amines) is 1. The number of likely N-dealkylation sites (N-methyl/N-ethyl adjacent to an activating group) is 1. The van der Waals surface area contributed by atoms with Crippen LogP contribution in [0.4, 0.5) is 4.39 Å². The van der Waals surface area contributed by atoms with Gasteiger partial charge in [-0.3, -0.25) is 9.69 Å². The highest BCUT2D eigenvalue weighted by Crippen LogP contribution is 2.22. The molecule has 8 heteroatoms. The minimum absolute atomic E-state index is 0.0386. The Kier molecular flexibility index (Phi) is 5.68. The topological polar surface area (TPSA) is 65.7 Å². The maximum absolute atomic E-state index is 13.1. The normalized spacial score (nSPS) is 21.8. The number of nitrogens with zero attached hydrogens (tertiary/aromatic N) is 5. The van der Waals surface area contributed by atoms with Gasteiger partial charge < -0.3 is 14.3 Å². The summed E-state index contributed by atoms with van der Waals surface area (Å²) in [5.41, 5.74) is 0.721. The number of halogens is 1. The van der Waals surface area contributed by atoms with Crippen LogP contribution < -0.4 is 0 Å². The third-order valence-electron chi connectivity index (χ3n) is 5.60. The van der Waals surface area contributed by atoms with Gasteiger partial charge in [0, 0.05) is 38.3 Å². The third-order valence-corrected chi connectivity index (χ3v) is 5.60. The van der Waals surface area contributed by atoms with E-state index < -0.39 is 0 Å². The van der Waals surface area contributed by atoms with Crippen molar-refractivity contribution in [3.05, 3.63) is 36.0 Å². The minimum atomic E-state index is -0.295. The van der Waals surface area contributed by atoms with Crippen molar-refractivity contribution in [2.45, 2.75) is 19.4 Å². The second-order valence-corrected chi connectivity index (χ2v) is 7.72. The van der Waals surface area contributed by atoms with Gasteiger partial charge in [0.25, 0.3) is 0 Å². The van der Waals surface area contributed by atoms with Crippen molar-refractivity contribution in [3.63, 3.8) is 0 Å². The van der Waals surface area contributed by atoms with Gasteiger partial charge in [-0.2, -0.15) is 4.98 Å². The number of aromatic nitrogens is 2. The molecule has 7 nitrogen and oxygen atoms in total. The van der Waals surface area contributed by atoms with Gasteiger partial charge >= 0.3 is 0 Å². The van der Waals surface area contributed by atoms with E-state index in [1.54, 1.807) is 12.1 Å². The lowest BCUT2D eigenvalue weighted by molar-refractivity contribution is -0.139. The second-order valence-electron chi connectivity index (χ2n) is 7.72. The molecule has 150 valence electrons. The highest BCUT2D eigenvalue weighted by atomic mass is 19.1. The Hall–Kier alpha value is -2.32. The molecule has 2 saturated heterocycles. The number of hydrogen-bond acceptors (Lipinski definition) is 6. The second kappa shape index (κ2) is 8.36. The molecule has 2 aliphatic heterocycles. The Labute approximate surface area is 164 Å². The minimum Gasteiger partial charge on any atom is -0.340 e. The van der Waals surface area contributed by atoms with Crippen molar-refractivity contribution in [2.75, 3.05) is 46.3 Å². The van der Waals surface area contributed by atoms with Gasteiger partial charge in [-0.05, 0) is 50.7 Å². The Morgan fingerprint density at radius 1 is 1.18 bits per heavy atom. The summed E-state index contributed by atoms with van der Waals surface area (Å²) in [5, 5.41) is 4.00. The predicted molar refractivity (Wildman–Crippen MR) is 102 cm³/mol. The Morgan fingerprint density at radius 3 is 2.68 bits per heavy atom. The third kappa shape index (κ3) is 4.39. The van der Waals surface area contributed by atoms with Crippen LogP contribution in [0.25, 0.3) is 11.4 Å².